The number of nitrogens with zero attached hydrogens (tertiary/aromatic N) is 4. The zero-order valence-electron chi connectivity index (χ0n) is 12.6. The lowest BCUT2D eigenvalue weighted by atomic mass is 9.91. The number of carbonyl (C=O) groups excluding carboxylic acids is 1. The van der Waals surface area contributed by atoms with Crippen LogP contribution in [0.25, 0.3) is 0 Å². The minimum atomic E-state index is -0.322. The van der Waals surface area contributed by atoms with Crippen LogP contribution in [0.2, 0.25) is 0 Å². The first-order valence-corrected chi connectivity index (χ1v) is 7.45. The molecule has 0 unspecified atom stereocenters. The van der Waals surface area contributed by atoms with Crippen LogP contribution in [0, 0.1) is 5.41 Å². The van der Waals surface area contributed by atoms with Gasteiger partial charge in [-0.2, -0.15) is 5.10 Å². The van der Waals surface area contributed by atoms with Crippen molar-refractivity contribution in [2.45, 2.75) is 33.7 Å². The Morgan fingerprint density at radius 1 is 1.43 bits per heavy atom. The third-order valence-electron chi connectivity index (χ3n) is 2.69. The predicted octanol–water partition coefficient (Wildman–Crippen LogP) is 1.27. The van der Waals surface area contributed by atoms with Gasteiger partial charge in [0.15, 0.2) is 5.13 Å². The summed E-state index contributed by atoms with van der Waals surface area (Å²) in [6.45, 7) is 6.29. The van der Waals surface area contributed by atoms with Gasteiger partial charge in [-0.15, -0.1) is 11.3 Å². The van der Waals surface area contributed by atoms with Gasteiger partial charge in [0.25, 0.3) is 0 Å². The number of hydrogen-bond donors (Lipinski definition) is 1. The Balaban J connectivity index is 1.97. The van der Waals surface area contributed by atoms with Gasteiger partial charge in [0.1, 0.15) is 12.9 Å². The highest BCUT2D eigenvalue weighted by atomic mass is 32.1. The second-order valence-electron chi connectivity index (χ2n) is 6.11. The van der Waals surface area contributed by atoms with E-state index in [2.05, 4.69) is 36.2 Å². The maximum absolute atomic E-state index is 11.9. The third kappa shape index (κ3) is 4.25. The largest absolute Gasteiger partial charge is 0.345 e. The molecule has 0 aliphatic carbocycles. The van der Waals surface area contributed by atoms with E-state index in [1.165, 1.54) is 22.2 Å². The number of aromatic nitrogens is 4. The first-order valence-electron chi connectivity index (χ1n) is 6.57. The topological polar surface area (TPSA) is 81.8 Å². The molecule has 2 rings (SSSR count). The average molecular weight is 309 g/mol. The molecule has 1 N–H and O–H groups in total. The first-order chi connectivity index (χ1) is 9.74. The van der Waals surface area contributed by atoms with Crippen LogP contribution < -0.4 is 11.0 Å². The summed E-state index contributed by atoms with van der Waals surface area (Å²) in [5.74, 6) is -0.313. The third-order valence-corrected chi connectivity index (χ3v) is 3.50. The average Bonchev–Trinajstić information content (AvgIpc) is 2.89. The van der Waals surface area contributed by atoms with E-state index >= 15 is 0 Å². The number of hydrogen-bond acceptors (Lipinski definition) is 5. The van der Waals surface area contributed by atoms with Crippen molar-refractivity contribution in [1.82, 2.24) is 19.3 Å². The summed E-state index contributed by atoms with van der Waals surface area (Å²) in [7, 11) is 1.59. The maximum Gasteiger partial charge on any atom is 0.345 e. The molecule has 0 radical (unpaired) electrons. The van der Waals surface area contributed by atoms with Gasteiger partial charge in [0.05, 0.1) is 5.69 Å². The molecule has 0 aliphatic heterocycles. The van der Waals surface area contributed by atoms with Crippen LogP contribution in [0.3, 0.4) is 0 Å². The van der Waals surface area contributed by atoms with Crippen molar-refractivity contribution < 1.29 is 4.79 Å². The number of nitrogens with one attached hydrogen (secondary N) is 1. The molecule has 21 heavy (non-hydrogen) atoms. The summed E-state index contributed by atoms with van der Waals surface area (Å²) in [6.07, 6.45) is 2.22. The molecule has 0 aromatic carbocycles. The molecule has 7 nitrogen and oxygen atoms in total. The number of carbonyl (C=O) groups is 1. The van der Waals surface area contributed by atoms with Gasteiger partial charge >= 0.3 is 5.69 Å². The van der Waals surface area contributed by atoms with Crippen LogP contribution in [0.15, 0.2) is 16.5 Å². The van der Waals surface area contributed by atoms with Crippen LogP contribution in [-0.2, 0) is 24.8 Å². The van der Waals surface area contributed by atoms with Crippen LogP contribution in [0.1, 0.15) is 26.5 Å². The lowest BCUT2D eigenvalue weighted by Crippen LogP contribution is -2.29. The maximum atomic E-state index is 11.9. The van der Waals surface area contributed by atoms with Crippen molar-refractivity contribution in [1.29, 1.82) is 0 Å². The van der Waals surface area contributed by atoms with Crippen LogP contribution in [0.5, 0.6) is 0 Å². The van der Waals surface area contributed by atoms with E-state index in [0.717, 1.165) is 16.8 Å². The highest BCUT2D eigenvalue weighted by Crippen LogP contribution is 2.23. The summed E-state index contributed by atoms with van der Waals surface area (Å²) in [5, 5.41) is 9.02. The molecule has 0 saturated heterocycles. The molecule has 1 amide bonds. The Hall–Kier alpha value is -1.96. The normalized spacial score (nSPS) is 11.6. The lowest BCUT2D eigenvalue weighted by Gasteiger charge is -2.15. The van der Waals surface area contributed by atoms with Crippen LogP contribution >= 0.6 is 11.3 Å². The minimum absolute atomic E-state index is 0.117. The number of thiazole rings is 1. The van der Waals surface area contributed by atoms with Gasteiger partial charge in [-0.3, -0.25) is 9.36 Å². The molecule has 0 bridgehead atoms. The van der Waals surface area contributed by atoms with Gasteiger partial charge < -0.3 is 5.32 Å². The summed E-state index contributed by atoms with van der Waals surface area (Å²) < 4.78 is 2.43. The van der Waals surface area contributed by atoms with Crippen molar-refractivity contribution >= 4 is 22.4 Å². The molecular weight excluding hydrogens is 290 g/mol. The molecule has 2 heterocycles. The van der Waals surface area contributed by atoms with Crippen molar-refractivity contribution in [2.75, 3.05) is 5.32 Å². The fourth-order valence-corrected chi connectivity index (χ4v) is 2.54. The molecule has 2 aromatic heterocycles. The van der Waals surface area contributed by atoms with Gasteiger partial charge in [0, 0.05) is 12.4 Å². The predicted molar refractivity (Wildman–Crippen MR) is 81.4 cm³/mol. The monoisotopic (exact) mass is 309 g/mol. The molecule has 0 spiro atoms. The fraction of sp³-hybridized carbons (Fsp3) is 0.538. The van der Waals surface area contributed by atoms with Crippen molar-refractivity contribution in [3.05, 3.63) is 27.9 Å². The summed E-state index contributed by atoms with van der Waals surface area (Å²) in [5.41, 5.74) is 0.784. The Kier molecular flexibility index (Phi) is 4.26. The second kappa shape index (κ2) is 5.80. The van der Waals surface area contributed by atoms with Gasteiger partial charge in [-0.25, -0.2) is 14.5 Å². The molecule has 0 fully saturated rings. The van der Waals surface area contributed by atoms with Gasteiger partial charge in [0.2, 0.25) is 5.91 Å². The van der Waals surface area contributed by atoms with Crippen molar-refractivity contribution in [3.63, 3.8) is 0 Å². The summed E-state index contributed by atoms with van der Waals surface area (Å²) in [6, 6.07) is 0. The molecule has 0 atom stereocenters. The highest BCUT2D eigenvalue weighted by Gasteiger charge is 2.15. The van der Waals surface area contributed by atoms with Crippen LogP contribution in [-0.4, -0.2) is 25.2 Å². The summed E-state index contributed by atoms with van der Waals surface area (Å²) in [4.78, 5) is 27.9. The number of anilines is 1. The molecule has 0 aliphatic rings. The fourth-order valence-electron chi connectivity index (χ4n) is 1.81. The van der Waals surface area contributed by atoms with E-state index in [9.17, 15) is 9.59 Å². The van der Waals surface area contributed by atoms with Gasteiger partial charge in [-0.05, 0) is 11.8 Å². The quantitative estimate of drug-likeness (QED) is 0.922. The summed E-state index contributed by atoms with van der Waals surface area (Å²) >= 11 is 1.38. The number of amides is 1. The molecule has 114 valence electrons. The van der Waals surface area contributed by atoms with Crippen molar-refractivity contribution in [2.24, 2.45) is 12.5 Å². The Morgan fingerprint density at radius 2 is 2.14 bits per heavy atom. The van der Waals surface area contributed by atoms with E-state index in [0.29, 0.717) is 5.13 Å². The smallest absolute Gasteiger partial charge is 0.300 e. The lowest BCUT2D eigenvalue weighted by molar-refractivity contribution is -0.117. The van der Waals surface area contributed by atoms with Crippen molar-refractivity contribution in [3.8, 4) is 0 Å². The Labute approximate surface area is 126 Å². The van der Waals surface area contributed by atoms with Gasteiger partial charge in [-0.1, -0.05) is 20.8 Å². The Morgan fingerprint density at radius 3 is 2.71 bits per heavy atom. The standard InChI is InChI=1S/C13H19N5O2S/c1-13(2,3)5-9-7-21-11(15-9)16-10(19)6-18-12(20)17(4)8-14-18/h7-8H,5-6H2,1-4H3,(H,15,16,19). The van der Waals surface area contributed by atoms with E-state index in [4.69, 9.17) is 0 Å². The second-order valence-corrected chi connectivity index (χ2v) is 6.97. The Bertz CT molecular complexity index is 692. The molecule has 8 heteroatoms. The van der Waals surface area contributed by atoms with E-state index in [1.807, 2.05) is 5.38 Å². The number of rotatable bonds is 4. The van der Waals surface area contributed by atoms with E-state index < -0.39 is 0 Å². The molecule has 0 saturated carbocycles. The zero-order valence-corrected chi connectivity index (χ0v) is 13.4. The molecule has 2 aromatic rings. The van der Waals surface area contributed by atoms with Crippen LogP contribution in [0.4, 0.5) is 5.13 Å². The van der Waals surface area contributed by atoms with E-state index in [1.54, 1.807) is 7.05 Å². The minimum Gasteiger partial charge on any atom is -0.300 e. The SMILES string of the molecule is Cn1cnn(CC(=O)Nc2nc(CC(C)(C)C)cs2)c1=O. The number of aryl methyl sites for hydroxylation is 1. The van der Waals surface area contributed by atoms with E-state index in [-0.39, 0.29) is 23.6 Å². The molecular formula is C13H19N5O2S. The zero-order chi connectivity index (χ0) is 15.6. The first kappa shape index (κ1) is 15.4. The highest BCUT2D eigenvalue weighted by molar-refractivity contribution is 7.13.